The molecule has 0 saturated carbocycles. The van der Waals surface area contributed by atoms with Crippen molar-refractivity contribution in [2.24, 2.45) is 11.5 Å². The lowest BCUT2D eigenvalue weighted by Crippen LogP contribution is -2.20. The first-order valence-electron chi connectivity index (χ1n) is 18.1. The lowest BCUT2D eigenvalue weighted by atomic mass is 10.1. The molecule has 6 aromatic rings. The molecule has 6 rings (SSSR count). The Kier molecular flexibility index (Phi) is 12.3. The Balaban J connectivity index is 1.37. The molecule has 0 radical (unpaired) electrons. The molecule has 0 fully saturated rings. The van der Waals surface area contributed by atoms with E-state index in [4.69, 9.17) is 25.4 Å². The van der Waals surface area contributed by atoms with E-state index in [1.807, 2.05) is 32.3 Å². The number of allylic oxidation sites excluding steroid dienone is 2. The summed E-state index contributed by atoms with van der Waals surface area (Å²) in [6, 6.07) is 7.97. The summed E-state index contributed by atoms with van der Waals surface area (Å²) < 4.78 is 18.2. The molecule has 57 heavy (non-hydrogen) atoms. The predicted octanol–water partition coefficient (Wildman–Crippen LogP) is 3.85. The molecule has 5 heterocycles. The van der Waals surface area contributed by atoms with Gasteiger partial charge in [-0.1, -0.05) is 12.2 Å². The lowest BCUT2D eigenvalue weighted by Gasteiger charge is -2.13. The third-order valence-electron chi connectivity index (χ3n) is 8.77. The van der Waals surface area contributed by atoms with Crippen LogP contribution >= 0.6 is 12.0 Å². The second-order valence-electron chi connectivity index (χ2n) is 12.8. The number of benzene rings is 1. The van der Waals surface area contributed by atoms with E-state index in [1.165, 1.54) is 24.3 Å². The Morgan fingerprint density at radius 2 is 1.33 bits per heavy atom. The fraction of sp³-hybridized carbons (Fsp3) is 0.324. The number of fused-ring (bicyclic) bond motifs is 2. The van der Waals surface area contributed by atoms with Crippen LogP contribution in [0.1, 0.15) is 73.3 Å². The second-order valence-corrected chi connectivity index (χ2v) is 13.3. The lowest BCUT2D eigenvalue weighted by molar-refractivity contribution is 0.0991. The highest BCUT2D eigenvalue weighted by molar-refractivity contribution is 7.93. The number of carbonyl (C=O) groups excluding carboxylic acids is 4. The molecule has 1 aromatic carbocycles. The van der Waals surface area contributed by atoms with Crippen molar-refractivity contribution in [3.63, 3.8) is 0 Å². The van der Waals surface area contributed by atoms with Gasteiger partial charge in [-0.3, -0.25) is 43.7 Å². The SMILES string of the molecule is CCn1nc(C)cc1C(=O)Nc1nc2cc(C(N)=O)cnc2n1C/C=C/Cn1c(NC(=O)c2cc(C)nn2CC)nc2cc(C(N)=O)cc(OCCCOSC)c21. The third kappa shape index (κ3) is 8.81. The van der Waals surface area contributed by atoms with Crippen molar-refractivity contribution in [2.45, 2.75) is 60.3 Å². The van der Waals surface area contributed by atoms with Gasteiger partial charge in [0.05, 0.1) is 35.7 Å². The quantitative estimate of drug-likeness (QED) is 0.0550. The molecule has 0 bridgehead atoms. The van der Waals surface area contributed by atoms with E-state index in [0.717, 1.165) is 0 Å². The number of hydrogen-bond donors (Lipinski definition) is 4. The number of imidazole rings is 2. The zero-order chi connectivity index (χ0) is 40.8. The third-order valence-corrected chi connectivity index (χ3v) is 9.17. The van der Waals surface area contributed by atoms with E-state index in [2.05, 4.69) is 30.8 Å². The van der Waals surface area contributed by atoms with Crippen molar-refractivity contribution in [1.29, 1.82) is 0 Å². The fourth-order valence-corrected chi connectivity index (χ4v) is 6.47. The van der Waals surface area contributed by atoms with Gasteiger partial charge in [-0.15, -0.1) is 0 Å². The van der Waals surface area contributed by atoms with Crippen molar-refractivity contribution in [3.05, 3.63) is 82.6 Å². The molecule has 0 atom stereocenters. The number of nitrogens with one attached hydrogen (secondary N) is 2. The van der Waals surface area contributed by atoms with Gasteiger partial charge in [0.25, 0.3) is 11.8 Å². The fourth-order valence-electron chi connectivity index (χ4n) is 6.18. The van der Waals surface area contributed by atoms with Crippen LogP contribution in [0.4, 0.5) is 11.9 Å². The molecule has 20 heteroatoms. The summed E-state index contributed by atoms with van der Waals surface area (Å²) in [6.45, 7) is 9.38. The normalized spacial score (nSPS) is 11.5. The number of aromatic nitrogens is 9. The van der Waals surface area contributed by atoms with E-state index >= 15 is 0 Å². The summed E-state index contributed by atoms with van der Waals surface area (Å²) in [4.78, 5) is 65.2. The van der Waals surface area contributed by atoms with Crippen molar-refractivity contribution in [2.75, 3.05) is 30.1 Å². The molecular weight excluding hydrogens is 755 g/mol. The van der Waals surface area contributed by atoms with Gasteiger partial charge >= 0.3 is 0 Å². The van der Waals surface area contributed by atoms with E-state index < -0.39 is 23.6 Å². The molecule has 5 aromatic heterocycles. The van der Waals surface area contributed by atoms with Crippen LogP contribution in [-0.4, -0.2) is 86.7 Å². The average Bonchev–Trinajstić information content (AvgIpc) is 3.95. The molecule has 298 valence electrons. The van der Waals surface area contributed by atoms with Crippen molar-refractivity contribution in [1.82, 2.24) is 43.6 Å². The summed E-state index contributed by atoms with van der Waals surface area (Å²) in [7, 11) is 0. The number of hydrogen-bond acceptors (Lipinski definition) is 12. The molecule has 4 amide bonds. The van der Waals surface area contributed by atoms with Gasteiger partial charge in [0.15, 0.2) is 5.65 Å². The summed E-state index contributed by atoms with van der Waals surface area (Å²) in [6.07, 6.45) is 7.39. The number of amides is 4. The summed E-state index contributed by atoms with van der Waals surface area (Å²) in [5.74, 6) is -1.51. The Morgan fingerprint density at radius 1 is 0.772 bits per heavy atom. The number of nitrogens with two attached hydrogens (primary N) is 2. The second kappa shape index (κ2) is 17.5. The molecule has 0 aliphatic carbocycles. The van der Waals surface area contributed by atoms with E-state index in [1.54, 1.807) is 56.6 Å². The van der Waals surface area contributed by atoms with Crippen LogP contribution in [0, 0.1) is 13.8 Å². The van der Waals surface area contributed by atoms with Crippen LogP contribution in [0.2, 0.25) is 0 Å². The number of ether oxygens (including phenoxy) is 1. The van der Waals surface area contributed by atoms with Gasteiger partial charge in [0.1, 0.15) is 28.2 Å². The van der Waals surface area contributed by atoms with Crippen LogP contribution in [-0.2, 0) is 30.4 Å². The number of carbonyl (C=O) groups is 4. The Bertz CT molecular complexity index is 2510. The zero-order valence-electron chi connectivity index (χ0n) is 32.1. The summed E-state index contributed by atoms with van der Waals surface area (Å²) in [5, 5.41) is 14.6. The summed E-state index contributed by atoms with van der Waals surface area (Å²) >= 11 is 1.25. The summed E-state index contributed by atoms with van der Waals surface area (Å²) in [5.41, 5.74) is 15.2. The molecule has 0 spiro atoms. The Hall–Kier alpha value is -6.54. The molecule has 0 aliphatic rings. The van der Waals surface area contributed by atoms with E-state index in [-0.39, 0.29) is 42.7 Å². The largest absolute Gasteiger partial charge is 0.491 e. The topological polar surface area (TPSA) is 247 Å². The number of primary amides is 2. The highest BCUT2D eigenvalue weighted by atomic mass is 32.2. The van der Waals surface area contributed by atoms with Crippen molar-refractivity contribution in [3.8, 4) is 5.75 Å². The first-order chi connectivity index (χ1) is 27.4. The molecule has 6 N–H and O–H groups in total. The van der Waals surface area contributed by atoms with Gasteiger partial charge in [-0.2, -0.15) is 10.2 Å². The molecule has 19 nitrogen and oxygen atoms in total. The Morgan fingerprint density at radius 3 is 1.91 bits per heavy atom. The minimum absolute atomic E-state index is 0.160. The first-order valence-corrected chi connectivity index (χ1v) is 19.2. The van der Waals surface area contributed by atoms with Crippen LogP contribution in [0.25, 0.3) is 22.2 Å². The van der Waals surface area contributed by atoms with Crippen LogP contribution in [0.15, 0.2) is 48.7 Å². The number of pyridine rings is 1. The van der Waals surface area contributed by atoms with Crippen LogP contribution in [0.3, 0.4) is 0 Å². The Labute approximate surface area is 331 Å². The van der Waals surface area contributed by atoms with Crippen LogP contribution in [0.5, 0.6) is 5.75 Å². The molecule has 0 unspecified atom stereocenters. The zero-order valence-corrected chi connectivity index (χ0v) is 32.9. The minimum Gasteiger partial charge on any atom is -0.491 e. The highest BCUT2D eigenvalue weighted by Crippen LogP contribution is 2.32. The maximum atomic E-state index is 13.7. The van der Waals surface area contributed by atoms with E-state index in [0.29, 0.717) is 76.8 Å². The van der Waals surface area contributed by atoms with Gasteiger partial charge in [-0.05, 0) is 70.1 Å². The monoisotopic (exact) mass is 797 g/mol. The van der Waals surface area contributed by atoms with Gasteiger partial charge < -0.3 is 25.0 Å². The standard InChI is InChI=1S/C37H43N13O6S/c1-6-49-27(15-21(3)45-49)34(53)43-36-41-25-17-23(31(38)51)19-29(55-13-10-14-56-57-5)30(25)47(36)11-8-9-12-48-33-26(18-24(20-40-33)32(39)52)42-37(48)44-35(54)28-16-22(4)46-50(28)7-2/h8-9,15-20H,6-7,10-14H2,1-5H3,(H2,38,51)(H2,39,52)(H,41,43,53)(H,42,44,54)/b9-8+. The van der Waals surface area contributed by atoms with Crippen molar-refractivity contribution < 1.29 is 28.1 Å². The van der Waals surface area contributed by atoms with Crippen molar-refractivity contribution >= 4 is 69.8 Å². The first kappa shape index (κ1) is 40.1. The number of aryl methyl sites for hydroxylation is 4. The van der Waals surface area contributed by atoms with Crippen LogP contribution < -0.4 is 26.8 Å². The number of rotatable bonds is 18. The smallest absolute Gasteiger partial charge is 0.276 e. The molecular formula is C37H43N13O6S. The minimum atomic E-state index is -0.670. The maximum Gasteiger partial charge on any atom is 0.276 e. The highest BCUT2D eigenvalue weighted by Gasteiger charge is 2.23. The predicted molar refractivity (Wildman–Crippen MR) is 214 cm³/mol. The van der Waals surface area contributed by atoms with Gasteiger partial charge in [-0.25, -0.2) is 15.0 Å². The van der Waals surface area contributed by atoms with E-state index in [9.17, 15) is 19.2 Å². The molecule has 0 saturated heterocycles. The number of nitrogens with zero attached hydrogens (tertiary/aromatic N) is 9. The van der Waals surface area contributed by atoms with Gasteiger partial charge in [0.2, 0.25) is 23.7 Å². The maximum absolute atomic E-state index is 13.7. The molecule has 0 aliphatic heterocycles. The average molecular weight is 798 g/mol. The van der Waals surface area contributed by atoms with Gasteiger partial charge in [0, 0.05) is 50.6 Å². The number of anilines is 2.